The molecule has 4 unspecified atom stereocenters. The molecule has 0 spiro atoms. The summed E-state index contributed by atoms with van der Waals surface area (Å²) in [7, 11) is 1.86. The number of methoxy groups -OCH3 is 1. The highest BCUT2D eigenvalue weighted by Crippen LogP contribution is 2.30. The van der Waals surface area contributed by atoms with Gasteiger partial charge < -0.3 is 10.1 Å². The van der Waals surface area contributed by atoms with E-state index in [0.29, 0.717) is 12.1 Å². The van der Waals surface area contributed by atoms with E-state index in [2.05, 4.69) is 10.2 Å². The lowest BCUT2D eigenvalue weighted by molar-refractivity contribution is 0.0796. The minimum Gasteiger partial charge on any atom is -0.380 e. The van der Waals surface area contributed by atoms with Crippen LogP contribution in [0.3, 0.4) is 0 Å². The van der Waals surface area contributed by atoms with Gasteiger partial charge in [-0.25, -0.2) is 0 Å². The van der Waals surface area contributed by atoms with Gasteiger partial charge in [-0.1, -0.05) is 0 Å². The maximum absolute atomic E-state index is 5.57. The van der Waals surface area contributed by atoms with Gasteiger partial charge in [-0.2, -0.15) is 0 Å². The fourth-order valence-corrected chi connectivity index (χ4v) is 3.95. The van der Waals surface area contributed by atoms with E-state index in [0.717, 1.165) is 12.1 Å². The number of nitrogens with one attached hydrogen (secondary N) is 1. The van der Waals surface area contributed by atoms with E-state index in [1.165, 1.54) is 51.6 Å². The van der Waals surface area contributed by atoms with E-state index in [-0.39, 0.29) is 0 Å². The minimum absolute atomic E-state index is 0.468. The molecule has 1 aliphatic carbocycles. The van der Waals surface area contributed by atoms with Crippen LogP contribution >= 0.6 is 0 Å². The summed E-state index contributed by atoms with van der Waals surface area (Å²) in [5.41, 5.74) is 0. The van der Waals surface area contributed by atoms with E-state index in [1.807, 2.05) is 7.11 Å². The molecule has 0 radical (unpaired) electrons. The first-order valence-electron chi connectivity index (χ1n) is 6.91. The topological polar surface area (TPSA) is 24.5 Å². The van der Waals surface area contributed by atoms with Crippen LogP contribution in [0.4, 0.5) is 0 Å². The average molecular weight is 224 g/mol. The van der Waals surface area contributed by atoms with Crippen LogP contribution in [0.1, 0.15) is 38.5 Å². The normalized spacial score (nSPS) is 44.1. The van der Waals surface area contributed by atoms with Gasteiger partial charge in [-0.3, -0.25) is 4.90 Å². The van der Waals surface area contributed by atoms with Crippen molar-refractivity contribution in [1.82, 2.24) is 10.2 Å². The van der Waals surface area contributed by atoms with Gasteiger partial charge in [0, 0.05) is 31.8 Å². The molecule has 0 amide bonds. The maximum atomic E-state index is 5.57. The average Bonchev–Trinajstić information content (AvgIpc) is 2.96. The van der Waals surface area contributed by atoms with Crippen LogP contribution < -0.4 is 5.32 Å². The maximum Gasteiger partial charge on any atom is 0.0724 e. The van der Waals surface area contributed by atoms with Crippen molar-refractivity contribution >= 4 is 0 Å². The number of rotatable bonds is 3. The predicted molar refractivity (Wildman–Crippen MR) is 64.6 cm³/mol. The Morgan fingerprint density at radius 3 is 2.81 bits per heavy atom. The van der Waals surface area contributed by atoms with Gasteiger partial charge in [0.1, 0.15) is 0 Å². The largest absolute Gasteiger partial charge is 0.380 e. The van der Waals surface area contributed by atoms with Crippen molar-refractivity contribution in [2.24, 2.45) is 0 Å². The lowest BCUT2D eigenvalue weighted by atomic mass is 10.0. The molecule has 16 heavy (non-hydrogen) atoms. The smallest absolute Gasteiger partial charge is 0.0724 e. The molecule has 3 fully saturated rings. The van der Waals surface area contributed by atoms with Crippen LogP contribution in [0, 0.1) is 0 Å². The Morgan fingerprint density at radius 2 is 1.94 bits per heavy atom. The molecule has 3 heteroatoms. The summed E-state index contributed by atoms with van der Waals surface area (Å²) >= 11 is 0. The van der Waals surface area contributed by atoms with Gasteiger partial charge >= 0.3 is 0 Å². The third-order valence-corrected chi connectivity index (χ3v) is 4.79. The van der Waals surface area contributed by atoms with Crippen LogP contribution in [-0.2, 0) is 4.74 Å². The van der Waals surface area contributed by atoms with Crippen LogP contribution in [0.2, 0.25) is 0 Å². The van der Waals surface area contributed by atoms with Crippen molar-refractivity contribution in [3.05, 3.63) is 0 Å². The van der Waals surface area contributed by atoms with Crippen LogP contribution in [-0.4, -0.2) is 49.3 Å². The van der Waals surface area contributed by atoms with Gasteiger partial charge in [-0.15, -0.1) is 0 Å². The number of ether oxygens (including phenoxy) is 1. The molecule has 0 aromatic rings. The van der Waals surface area contributed by atoms with E-state index < -0.39 is 0 Å². The highest BCUT2D eigenvalue weighted by molar-refractivity contribution is 4.98. The van der Waals surface area contributed by atoms with Crippen molar-refractivity contribution in [2.75, 3.05) is 20.2 Å². The highest BCUT2D eigenvalue weighted by atomic mass is 16.5. The SMILES string of the molecule is COC1CCCC1NC1CCN2CCCC12. The fourth-order valence-electron chi connectivity index (χ4n) is 3.95. The molecule has 3 nitrogen and oxygen atoms in total. The van der Waals surface area contributed by atoms with E-state index >= 15 is 0 Å². The zero-order valence-corrected chi connectivity index (χ0v) is 10.3. The monoisotopic (exact) mass is 224 g/mol. The summed E-state index contributed by atoms with van der Waals surface area (Å²) in [6.07, 6.45) is 8.50. The Bertz CT molecular complexity index is 246. The molecule has 0 aromatic carbocycles. The molecule has 2 heterocycles. The zero-order valence-electron chi connectivity index (χ0n) is 10.3. The van der Waals surface area contributed by atoms with Gasteiger partial charge in [-0.05, 0) is 45.1 Å². The predicted octanol–water partition coefficient (Wildman–Crippen LogP) is 1.38. The second-order valence-corrected chi connectivity index (χ2v) is 5.62. The quantitative estimate of drug-likeness (QED) is 0.784. The Morgan fingerprint density at radius 1 is 1.00 bits per heavy atom. The van der Waals surface area contributed by atoms with Gasteiger partial charge in [0.2, 0.25) is 0 Å². The Hall–Kier alpha value is -0.120. The number of hydrogen-bond donors (Lipinski definition) is 1. The third-order valence-electron chi connectivity index (χ3n) is 4.79. The number of nitrogens with zero attached hydrogens (tertiary/aromatic N) is 1. The Kier molecular flexibility index (Phi) is 3.18. The second-order valence-electron chi connectivity index (χ2n) is 5.62. The summed E-state index contributed by atoms with van der Waals surface area (Å²) in [6.45, 7) is 2.65. The summed E-state index contributed by atoms with van der Waals surface area (Å²) in [6, 6.07) is 2.19. The van der Waals surface area contributed by atoms with E-state index in [1.54, 1.807) is 0 Å². The molecule has 92 valence electrons. The molecule has 2 aliphatic heterocycles. The lowest BCUT2D eigenvalue weighted by Crippen LogP contribution is -2.47. The molecular formula is C13H24N2O. The lowest BCUT2D eigenvalue weighted by Gasteiger charge is -2.27. The van der Waals surface area contributed by atoms with Gasteiger partial charge in [0.05, 0.1) is 6.10 Å². The summed E-state index contributed by atoms with van der Waals surface area (Å²) in [5.74, 6) is 0. The van der Waals surface area contributed by atoms with Gasteiger partial charge in [0.25, 0.3) is 0 Å². The molecule has 0 bridgehead atoms. The molecule has 2 saturated heterocycles. The summed E-state index contributed by atoms with van der Waals surface area (Å²) in [5, 5.41) is 3.88. The molecule has 1 saturated carbocycles. The Labute approximate surface area is 98.5 Å². The first-order chi connectivity index (χ1) is 7.88. The van der Waals surface area contributed by atoms with Crippen LogP contribution in [0.15, 0.2) is 0 Å². The summed E-state index contributed by atoms with van der Waals surface area (Å²) in [4.78, 5) is 2.68. The van der Waals surface area contributed by atoms with Crippen LogP contribution in [0.5, 0.6) is 0 Å². The molecule has 1 N–H and O–H groups in total. The van der Waals surface area contributed by atoms with Crippen molar-refractivity contribution in [1.29, 1.82) is 0 Å². The number of fused-ring (bicyclic) bond motifs is 1. The van der Waals surface area contributed by atoms with E-state index in [9.17, 15) is 0 Å². The first-order valence-corrected chi connectivity index (χ1v) is 6.91. The van der Waals surface area contributed by atoms with Gasteiger partial charge in [0.15, 0.2) is 0 Å². The van der Waals surface area contributed by atoms with Crippen molar-refractivity contribution in [3.63, 3.8) is 0 Å². The summed E-state index contributed by atoms with van der Waals surface area (Å²) < 4.78 is 5.57. The standard InChI is InChI=1S/C13H24N2O/c1-16-13-6-2-4-11(13)14-10-7-9-15-8-3-5-12(10)15/h10-14H,2-9H2,1H3. The zero-order chi connectivity index (χ0) is 11.0. The fraction of sp³-hybridized carbons (Fsp3) is 1.00. The molecule has 4 atom stereocenters. The van der Waals surface area contributed by atoms with Crippen molar-refractivity contribution in [3.8, 4) is 0 Å². The molecule has 3 aliphatic rings. The number of hydrogen-bond acceptors (Lipinski definition) is 3. The highest BCUT2D eigenvalue weighted by Gasteiger charge is 2.39. The molecular weight excluding hydrogens is 200 g/mol. The Balaban J connectivity index is 1.58. The molecule has 3 rings (SSSR count). The third kappa shape index (κ3) is 1.89. The molecule has 0 aromatic heterocycles. The first kappa shape index (κ1) is 11.0. The minimum atomic E-state index is 0.468. The van der Waals surface area contributed by atoms with Crippen molar-refractivity contribution < 1.29 is 4.74 Å². The van der Waals surface area contributed by atoms with Crippen LogP contribution in [0.25, 0.3) is 0 Å². The second kappa shape index (κ2) is 4.63. The van der Waals surface area contributed by atoms with Crippen molar-refractivity contribution in [2.45, 2.75) is 62.8 Å². The van der Waals surface area contributed by atoms with E-state index in [4.69, 9.17) is 4.74 Å².